The fourth-order valence-corrected chi connectivity index (χ4v) is 1.70. The minimum absolute atomic E-state index is 0.201. The SMILES string of the molecule is C=CCCCc1cccn1C(C)(C)C. The first-order valence-corrected chi connectivity index (χ1v) is 5.33. The molecule has 0 spiro atoms. The summed E-state index contributed by atoms with van der Waals surface area (Å²) in [4.78, 5) is 0. The van der Waals surface area contributed by atoms with Crippen LogP contribution < -0.4 is 0 Å². The number of aryl methyl sites for hydroxylation is 1. The Labute approximate surface area is 87.4 Å². The van der Waals surface area contributed by atoms with Crippen LogP contribution in [-0.4, -0.2) is 4.57 Å². The maximum Gasteiger partial charge on any atom is 0.0358 e. The molecule has 0 unspecified atom stereocenters. The molecule has 1 heterocycles. The van der Waals surface area contributed by atoms with Gasteiger partial charge in [0.25, 0.3) is 0 Å². The minimum Gasteiger partial charge on any atom is -0.346 e. The summed E-state index contributed by atoms with van der Waals surface area (Å²) in [6.07, 6.45) is 7.61. The third-order valence-electron chi connectivity index (χ3n) is 2.40. The second-order valence-corrected chi connectivity index (χ2v) is 4.72. The molecular weight excluding hydrogens is 170 g/mol. The van der Waals surface area contributed by atoms with Gasteiger partial charge in [0, 0.05) is 17.4 Å². The van der Waals surface area contributed by atoms with Crippen molar-refractivity contribution in [2.75, 3.05) is 0 Å². The van der Waals surface area contributed by atoms with Crippen molar-refractivity contribution < 1.29 is 0 Å². The second kappa shape index (κ2) is 4.50. The van der Waals surface area contributed by atoms with E-state index < -0.39 is 0 Å². The molecule has 0 N–H and O–H groups in total. The molecule has 1 aromatic rings. The average Bonchev–Trinajstić information content (AvgIpc) is 2.52. The predicted molar refractivity (Wildman–Crippen MR) is 62.6 cm³/mol. The molecule has 0 saturated carbocycles. The van der Waals surface area contributed by atoms with Gasteiger partial charge in [0.05, 0.1) is 0 Å². The van der Waals surface area contributed by atoms with Gasteiger partial charge in [0.15, 0.2) is 0 Å². The van der Waals surface area contributed by atoms with Crippen LogP contribution >= 0.6 is 0 Å². The van der Waals surface area contributed by atoms with Gasteiger partial charge in [-0.15, -0.1) is 6.58 Å². The van der Waals surface area contributed by atoms with Crippen molar-refractivity contribution in [1.29, 1.82) is 0 Å². The standard InChI is InChI=1S/C13H21N/c1-5-6-7-9-12-10-8-11-14(12)13(2,3)4/h5,8,10-11H,1,6-7,9H2,2-4H3. The van der Waals surface area contributed by atoms with E-state index in [2.05, 4.69) is 50.2 Å². The summed E-state index contributed by atoms with van der Waals surface area (Å²) in [6.45, 7) is 10.5. The van der Waals surface area contributed by atoms with Crippen LogP contribution in [0.3, 0.4) is 0 Å². The molecule has 0 bridgehead atoms. The molecular formula is C13H21N. The van der Waals surface area contributed by atoms with E-state index >= 15 is 0 Å². The van der Waals surface area contributed by atoms with E-state index in [1.165, 1.54) is 12.1 Å². The zero-order valence-corrected chi connectivity index (χ0v) is 9.59. The van der Waals surface area contributed by atoms with E-state index in [4.69, 9.17) is 0 Å². The number of hydrogen-bond donors (Lipinski definition) is 0. The fraction of sp³-hybridized carbons (Fsp3) is 0.538. The molecule has 0 aliphatic carbocycles. The van der Waals surface area contributed by atoms with Gasteiger partial charge < -0.3 is 4.57 Å². The first-order valence-electron chi connectivity index (χ1n) is 5.33. The number of unbranched alkanes of at least 4 members (excludes halogenated alkanes) is 1. The molecule has 1 heteroatoms. The van der Waals surface area contributed by atoms with E-state index in [0.29, 0.717) is 0 Å². The minimum atomic E-state index is 0.201. The average molecular weight is 191 g/mol. The highest BCUT2D eigenvalue weighted by Crippen LogP contribution is 2.19. The number of rotatable bonds is 4. The highest BCUT2D eigenvalue weighted by Gasteiger charge is 2.14. The largest absolute Gasteiger partial charge is 0.346 e. The van der Waals surface area contributed by atoms with Crippen LogP contribution in [-0.2, 0) is 12.0 Å². The summed E-state index contributed by atoms with van der Waals surface area (Å²) in [7, 11) is 0. The molecule has 1 aromatic heterocycles. The van der Waals surface area contributed by atoms with Crippen LogP contribution in [0, 0.1) is 0 Å². The molecule has 0 amide bonds. The molecule has 0 aromatic carbocycles. The normalized spacial score (nSPS) is 11.6. The van der Waals surface area contributed by atoms with E-state index in [1.54, 1.807) is 0 Å². The van der Waals surface area contributed by atoms with Crippen molar-refractivity contribution in [2.45, 2.75) is 45.6 Å². The zero-order chi connectivity index (χ0) is 10.6. The van der Waals surface area contributed by atoms with Gasteiger partial charge in [0.1, 0.15) is 0 Å². The van der Waals surface area contributed by atoms with Gasteiger partial charge in [0.2, 0.25) is 0 Å². The van der Waals surface area contributed by atoms with E-state index in [-0.39, 0.29) is 5.54 Å². The predicted octanol–water partition coefficient (Wildman–Crippen LogP) is 3.75. The van der Waals surface area contributed by atoms with Crippen LogP contribution in [0.4, 0.5) is 0 Å². The van der Waals surface area contributed by atoms with Crippen LogP contribution in [0.2, 0.25) is 0 Å². The molecule has 14 heavy (non-hydrogen) atoms. The van der Waals surface area contributed by atoms with Crippen LogP contribution in [0.5, 0.6) is 0 Å². The molecule has 0 fully saturated rings. The number of aromatic nitrogens is 1. The lowest BCUT2D eigenvalue weighted by molar-refractivity contribution is 0.385. The Morgan fingerprint density at radius 3 is 2.71 bits per heavy atom. The Morgan fingerprint density at radius 2 is 2.14 bits per heavy atom. The van der Waals surface area contributed by atoms with Crippen molar-refractivity contribution in [3.05, 3.63) is 36.7 Å². The molecule has 0 aliphatic heterocycles. The lowest BCUT2D eigenvalue weighted by Crippen LogP contribution is -2.22. The van der Waals surface area contributed by atoms with Crippen molar-refractivity contribution >= 4 is 0 Å². The van der Waals surface area contributed by atoms with Crippen LogP contribution in [0.15, 0.2) is 31.0 Å². The van der Waals surface area contributed by atoms with E-state index in [1.807, 2.05) is 6.08 Å². The van der Waals surface area contributed by atoms with E-state index in [9.17, 15) is 0 Å². The van der Waals surface area contributed by atoms with Gasteiger partial charge in [-0.05, 0) is 52.2 Å². The monoisotopic (exact) mass is 191 g/mol. The Kier molecular flexibility index (Phi) is 3.56. The maximum atomic E-state index is 3.74. The number of nitrogens with zero attached hydrogens (tertiary/aromatic N) is 1. The lowest BCUT2D eigenvalue weighted by atomic mass is 10.1. The van der Waals surface area contributed by atoms with Crippen molar-refractivity contribution in [2.24, 2.45) is 0 Å². The van der Waals surface area contributed by atoms with Crippen molar-refractivity contribution in [3.8, 4) is 0 Å². The van der Waals surface area contributed by atoms with Crippen LogP contribution in [0.25, 0.3) is 0 Å². The molecule has 78 valence electrons. The summed E-state index contributed by atoms with van der Waals surface area (Å²) in [5.41, 5.74) is 1.63. The van der Waals surface area contributed by atoms with Gasteiger partial charge in [-0.2, -0.15) is 0 Å². The summed E-state index contributed by atoms with van der Waals surface area (Å²) < 4.78 is 2.36. The van der Waals surface area contributed by atoms with Gasteiger partial charge in [-0.1, -0.05) is 6.08 Å². The molecule has 1 nitrogen and oxygen atoms in total. The molecule has 1 rings (SSSR count). The lowest BCUT2D eigenvalue weighted by Gasteiger charge is -2.24. The quantitative estimate of drug-likeness (QED) is 0.504. The Morgan fingerprint density at radius 1 is 1.43 bits per heavy atom. The zero-order valence-electron chi connectivity index (χ0n) is 9.59. The third kappa shape index (κ3) is 2.76. The highest BCUT2D eigenvalue weighted by atomic mass is 15.0. The Balaban J connectivity index is 2.68. The van der Waals surface area contributed by atoms with Crippen molar-refractivity contribution in [3.63, 3.8) is 0 Å². The third-order valence-corrected chi connectivity index (χ3v) is 2.40. The Hall–Kier alpha value is -0.980. The van der Waals surface area contributed by atoms with Crippen molar-refractivity contribution in [1.82, 2.24) is 4.57 Å². The smallest absolute Gasteiger partial charge is 0.0358 e. The molecule has 0 aliphatic rings. The molecule has 0 saturated heterocycles. The number of hydrogen-bond acceptors (Lipinski definition) is 0. The summed E-state index contributed by atoms with van der Waals surface area (Å²) in [5, 5.41) is 0. The first-order chi connectivity index (χ1) is 6.55. The number of allylic oxidation sites excluding steroid dienone is 1. The second-order valence-electron chi connectivity index (χ2n) is 4.72. The topological polar surface area (TPSA) is 4.93 Å². The summed E-state index contributed by atoms with van der Waals surface area (Å²) in [6, 6.07) is 4.35. The van der Waals surface area contributed by atoms with Gasteiger partial charge in [-0.25, -0.2) is 0 Å². The summed E-state index contributed by atoms with van der Waals surface area (Å²) in [5.74, 6) is 0. The molecule has 0 radical (unpaired) electrons. The van der Waals surface area contributed by atoms with Gasteiger partial charge in [-0.3, -0.25) is 0 Å². The first kappa shape index (κ1) is 11.1. The summed E-state index contributed by atoms with van der Waals surface area (Å²) >= 11 is 0. The van der Waals surface area contributed by atoms with Gasteiger partial charge >= 0.3 is 0 Å². The van der Waals surface area contributed by atoms with E-state index in [0.717, 1.165) is 12.8 Å². The maximum absolute atomic E-state index is 3.74. The highest BCUT2D eigenvalue weighted by molar-refractivity contribution is 5.10. The Bertz CT molecular complexity index is 288. The molecule has 0 atom stereocenters. The fourth-order valence-electron chi connectivity index (χ4n) is 1.70. The van der Waals surface area contributed by atoms with Crippen LogP contribution in [0.1, 0.15) is 39.3 Å².